The zero-order valence-electron chi connectivity index (χ0n) is 26.9. The first-order valence-electron chi connectivity index (χ1n) is 16.7. The van der Waals surface area contributed by atoms with E-state index >= 15 is 0 Å². The maximum atomic E-state index is 7.10. The Kier molecular flexibility index (Phi) is 6.60. The first-order chi connectivity index (χ1) is 24.7. The van der Waals surface area contributed by atoms with Crippen LogP contribution in [-0.4, -0.2) is 14.5 Å². The second-order valence-corrected chi connectivity index (χ2v) is 16.7. The molecular weight excluding hydrogens is 648 g/mol. The molecule has 0 N–H and O–H groups in total. The van der Waals surface area contributed by atoms with Crippen molar-refractivity contribution in [3.8, 4) is 28.3 Å². The number of para-hydroxylation sites is 3. The molecule has 0 saturated heterocycles. The van der Waals surface area contributed by atoms with E-state index in [2.05, 4.69) is 173 Å². The van der Waals surface area contributed by atoms with Gasteiger partial charge in [0.2, 0.25) is 5.95 Å². The Bertz CT molecular complexity index is 2800. The van der Waals surface area contributed by atoms with Crippen molar-refractivity contribution in [2.24, 2.45) is 0 Å². The highest BCUT2D eigenvalue weighted by Crippen LogP contribution is 2.63. The molecule has 0 bridgehead atoms. The number of benzene rings is 7. The highest BCUT2D eigenvalue weighted by molar-refractivity contribution is 8.23. The molecule has 9 aromatic rings. The van der Waals surface area contributed by atoms with Crippen LogP contribution in [0.2, 0.25) is 0 Å². The molecule has 3 heterocycles. The van der Waals surface area contributed by atoms with Crippen LogP contribution in [0.25, 0.3) is 61.0 Å². The molecule has 0 spiro atoms. The molecule has 0 aliphatic carbocycles. The molecule has 0 amide bonds. The minimum absolute atomic E-state index is 0.627. The highest BCUT2D eigenvalue weighted by atomic mass is 32.4. The number of fused-ring (bicyclic) bond motifs is 8. The number of rotatable bonds is 4. The standard InChI is InChI=1S/C44H29N4PS/c50-49(32-20-8-3-9-21-32)40-27-15-12-23-34(40)36-29-28-35-33-22-11-14-26-39(33)47(42(35)43(36)48(49)31-18-6-2-7-19-31)44-45-38-25-13-10-24-37(38)41(46-44)30-16-4-1-5-17-30/h1-29H. The van der Waals surface area contributed by atoms with Crippen molar-refractivity contribution >= 4 is 72.7 Å². The lowest BCUT2D eigenvalue weighted by Crippen LogP contribution is -2.33. The summed E-state index contributed by atoms with van der Waals surface area (Å²) in [5.41, 5.74) is 9.39. The Morgan fingerprint density at radius 1 is 0.500 bits per heavy atom. The van der Waals surface area contributed by atoms with Crippen molar-refractivity contribution in [1.82, 2.24) is 14.5 Å². The van der Waals surface area contributed by atoms with Crippen LogP contribution >= 0.6 is 6.19 Å². The Morgan fingerprint density at radius 2 is 1.14 bits per heavy atom. The molecule has 0 fully saturated rings. The van der Waals surface area contributed by atoms with Gasteiger partial charge in [-0.15, -0.1) is 0 Å². The maximum absolute atomic E-state index is 7.10. The monoisotopic (exact) mass is 676 g/mol. The third-order valence-electron chi connectivity index (χ3n) is 9.77. The van der Waals surface area contributed by atoms with Crippen molar-refractivity contribution in [2.45, 2.75) is 0 Å². The van der Waals surface area contributed by atoms with E-state index in [-0.39, 0.29) is 0 Å². The normalized spacial score (nSPS) is 15.3. The lowest BCUT2D eigenvalue weighted by molar-refractivity contribution is 1.01. The van der Waals surface area contributed by atoms with Gasteiger partial charge in [0.1, 0.15) is 0 Å². The van der Waals surface area contributed by atoms with Crippen LogP contribution in [0.1, 0.15) is 0 Å². The highest BCUT2D eigenvalue weighted by Gasteiger charge is 2.41. The van der Waals surface area contributed by atoms with Crippen LogP contribution in [0.3, 0.4) is 0 Å². The van der Waals surface area contributed by atoms with E-state index in [4.69, 9.17) is 21.8 Å². The number of hydrogen-bond acceptors (Lipinski definition) is 3. The van der Waals surface area contributed by atoms with Crippen molar-refractivity contribution in [1.29, 1.82) is 0 Å². The fourth-order valence-corrected chi connectivity index (χ4v) is 12.0. The van der Waals surface area contributed by atoms with Crippen molar-refractivity contribution in [2.75, 3.05) is 4.67 Å². The average Bonchev–Trinajstić information content (AvgIpc) is 3.53. The lowest BCUT2D eigenvalue weighted by Gasteiger charge is -2.43. The van der Waals surface area contributed by atoms with Gasteiger partial charge < -0.3 is 4.67 Å². The first-order valence-corrected chi connectivity index (χ1v) is 19.5. The van der Waals surface area contributed by atoms with E-state index in [9.17, 15) is 0 Å². The van der Waals surface area contributed by atoms with Crippen LogP contribution in [0, 0.1) is 0 Å². The molecule has 4 nitrogen and oxygen atoms in total. The largest absolute Gasteiger partial charge is 0.303 e. The molecule has 1 aliphatic rings. The van der Waals surface area contributed by atoms with E-state index < -0.39 is 6.19 Å². The predicted molar refractivity (Wildman–Crippen MR) is 213 cm³/mol. The van der Waals surface area contributed by atoms with E-state index in [1.165, 1.54) is 10.9 Å². The Morgan fingerprint density at radius 3 is 1.94 bits per heavy atom. The summed E-state index contributed by atoms with van der Waals surface area (Å²) in [4.78, 5) is 10.7. The van der Waals surface area contributed by atoms with Crippen LogP contribution in [-0.2, 0) is 11.8 Å². The van der Waals surface area contributed by atoms with Gasteiger partial charge in [-0.2, -0.15) is 0 Å². The number of hydrogen-bond donors (Lipinski definition) is 0. The molecule has 0 saturated carbocycles. The third kappa shape index (κ3) is 4.21. The van der Waals surface area contributed by atoms with Crippen LogP contribution < -0.4 is 15.3 Å². The van der Waals surface area contributed by atoms with Gasteiger partial charge in [0.15, 0.2) is 0 Å². The van der Waals surface area contributed by atoms with Gasteiger partial charge in [-0.1, -0.05) is 163 Å². The molecule has 2 aromatic heterocycles. The number of nitrogens with zero attached hydrogens (tertiary/aromatic N) is 4. The predicted octanol–water partition coefficient (Wildman–Crippen LogP) is 10.6. The molecule has 1 atom stereocenters. The van der Waals surface area contributed by atoms with Crippen molar-refractivity contribution in [3.63, 3.8) is 0 Å². The molecule has 1 aliphatic heterocycles. The zero-order valence-corrected chi connectivity index (χ0v) is 28.6. The molecule has 6 heteroatoms. The van der Waals surface area contributed by atoms with Crippen LogP contribution in [0.15, 0.2) is 176 Å². The fraction of sp³-hybridized carbons (Fsp3) is 0. The molecule has 236 valence electrons. The zero-order chi connectivity index (χ0) is 33.2. The first kappa shape index (κ1) is 29.1. The van der Waals surface area contributed by atoms with E-state index in [0.29, 0.717) is 5.95 Å². The second kappa shape index (κ2) is 11.3. The molecule has 0 radical (unpaired) electrons. The second-order valence-electron chi connectivity index (χ2n) is 12.5. The molecule has 10 rings (SSSR count). The lowest BCUT2D eigenvalue weighted by atomic mass is 10.00. The summed E-state index contributed by atoms with van der Waals surface area (Å²) in [5, 5.41) is 5.62. The third-order valence-corrected chi connectivity index (χ3v) is 14.5. The minimum Gasteiger partial charge on any atom is -0.303 e. The minimum atomic E-state index is -2.66. The molecule has 1 unspecified atom stereocenters. The number of anilines is 2. The summed E-state index contributed by atoms with van der Waals surface area (Å²) in [6.07, 6.45) is -2.66. The summed E-state index contributed by atoms with van der Waals surface area (Å²) in [7, 11) is 0. The van der Waals surface area contributed by atoms with E-state index in [1.807, 2.05) is 12.1 Å². The van der Waals surface area contributed by atoms with Crippen LogP contribution in [0.5, 0.6) is 0 Å². The summed E-state index contributed by atoms with van der Waals surface area (Å²) < 4.78 is 4.75. The van der Waals surface area contributed by atoms with E-state index in [0.717, 1.165) is 66.2 Å². The fourth-order valence-electron chi connectivity index (χ4n) is 7.62. The van der Waals surface area contributed by atoms with Gasteiger partial charge in [-0.25, -0.2) is 9.97 Å². The Balaban J connectivity index is 1.40. The summed E-state index contributed by atoms with van der Waals surface area (Å²) in [5.74, 6) is 0.627. The quantitative estimate of drug-likeness (QED) is 0.174. The summed E-state index contributed by atoms with van der Waals surface area (Å²) in [6.45, 7) is 0. The van der Waals surface area contributed by atoms with Crippen molar-refractivity contribution < 1.29 is 0 Å². The Labute approximate surface area is 295 Å². The molecular formula is C44H29N4PS. The van der Waals surface area contributed by atoms with Gasteiger partial charge in [0.05, 0.1) is 34.1 Å². The van der Waals surface area contributed by atoms with Gasteiger partial charge in [0.25, 0.3) is 0 Å². The molecule has 7 aromatic carbocycles. The van der Waals surface area contributed by atoms with Gasteiger partial charge in [-0.3, -0.25) is 4.57 Å². The van der Waals surface area contributed by atoms with Gasteiger partial charge in [0, 0.05) is 43.6 Å². The Hall–Kier alpha value is -5.87. The summed E-state index contributed by atoms with van der Waals surface area (Å²) in [6, 6.07) is 61.9. The number of aromatic nitrogens is 3. The summed E-state index contributed by atoms with van der Waals surface area (Å²) >= 11 is 7.10. The average molecular weight is 677 g/mol. The smallest absolute Gasteiger partial charge is 0.235 e. The van der Waals surface area contributed by atoms with E-state index in [1.54, 1.807) is 0 Å². The van der Waals surface area contributed by atoms with Crippen molar-refractivity contribution in [3.05, 3.63) is 176 Å². The molecule has 50 heavy (non-hydrogen) atoms. The van der Waals surface area contributed by atoms with Gasteiger partial charge >= 0.3 is 0 Å². The van der Waals surface area contributed by atoms with Gasteiger partial charge in [-0.05, 0) is 29.8 Å². The van der Waals surface area contributed by atoms with Crippen LogP contribution in [0.4, 0.5) is 11.4 Å². The maximum Gasteiger partial charge on any atom is 0.235 e. The topological polar surface area (TPSA) is 34.0 Å². The SMILES string of the molecule is S=P1(c2ccccc2)c2ccccc2-c2ccc3c4ccccc4n(-c4nc(-c5ccccc5)c5ccccc5n4)c3c2N1c1ccccc1.